The summed E-state index contributed by atoms with van der Waals surface area (Å²) in [6.45, 7) is 3.57. The van der Waals surface area contributed by atoms with Crippen LogP contribution in [0.25, 0.3) is 0 Å². The molecule has 0 aliphatic rings. The predicted octanol–water partition coefficient (Wildman–Crippen LogP) is 1.73. The van der Waals surface area contributed by atoms with Crippen LogP contribution in [0, 0.1) is 11.8 Å². The third-order valence-corrected chi connectivity index (χ3v) is 3.47. The molecule has 1 rings (SSSR count). The minimum absolute atomic E-state index is 0.239. The van der Waals surface area contributed by atoms with Crippen LogP contribution in [0.5, 0.6) is 0 Å². The number of nitrogens with zero attached hydrogens (tertiary/aromatic N) is 1. The number of rotatable bonds is 6. The number of carbonyl (C=O) groups excluding carboxylic acids is 1. The summed E-state index contributed by atoms with van der Waals surface area (Å²) in [7, 11) is 3.93. The molecule has 0 saturated heterocycles. The lowest BCUT2D eigenvalue weighted by Gasteiger charge is -2.16. The summed E-state index contributed by atoms with van der Waals surface area (Å²) in [5, 5.41) is 11.7. The van der Waals surface area contributed by atoms with Gasteiger partial charge in [-0.2, -0.15) is 0 Å². The van der Waals surface area contributed by atoms with Gasteiger partial charge in [-0.15, -0.1) is 0 Å². The number of benzene rings is 1. The second kappa shape index (κ2) is 6.93. The third kappa shape index (κ3) is 4.26. The van der Waals surface area contributed by atoms with Crippen LogP contribution in [0.1, 0.15) is 19.4 Å². The summed E-state index contributed by atoms with van der Waals surface area (Å²) in [6.07, 6.45) is 0. The highest BCUT2D eigenvalue weighted by Crippen LogP contribution is 2.13. The van der Waals surface area contributed by atoms with Crippen LogP contribution in [0.3, 0.4) is 0 Å². The van der Waals surface area contributed by atoms with Gasteiger partial charge in [-0.3, -0.25) is 9.59 Å². The lowest BCUT2D eigenvalue weighted by Crippen LogP contribution is -2.34. The van der Waals surface area contributed by atoms with E-state index in [2.05, 4.69) is 5.32 Å². The first-order valence-corrected chi connectivity index (χ1v) is 6.59. The van der Waals surface area contributed by atoms with Crippen LogP contribution < -0.4 is 10.2 Å². The number of nitrogens with one attached hydrogen (secondary N) is 1. The Labute approximate surface area is 119 Å². The van der Waals surface area contributed by atoms with Crippen LogP contribution >= 0.6 is 0 Å². The number of anilines is 1. The molecule has 0 saturated carbocycles. The molecule has 2 atom stereocenters. The van der Waals surface area contributed by atoms with Crippen molar-refractivity contribution in [3.63, 3.8) is 0 Å². The van der Waals surface area contributed by atoms with Gasteiger partial charge in [0.15, 0.2) is 0 Å². The third-order valence-electron chi connectivity index (χ3n) is 3.47. The smallest absolute Gasteiger partial charge is 0.307 e. The predicted molar refractivity (Wildman–Crippen MR) is 78.6 cm³/mol. The van der Waals surface area contributed by atoms with Gasteiger partial charge in [-0.1, -0.05) is 26.0 Å². The number of carboxylic acid groups (broad SMARTS) is 1. The fourth-order valence-corrected chi connectivity index (χ4v) is 1.70. The van der Waals surface area contributed by atoms with Crippen molar-refractivity contribution in [2.45, 2.75) is 20.4 Å². The number of carbonyl (C=O) groups is 2. The highest BCUT2D eigenvalue weighted by molar-refractivity contribution is 5.84. The molecule has 0 bridgehead atoms. The summed E-state index contributed by atoms with van der Waals surface area (Å²) >= 11 is 0. The SMILES string of the molecule is CC(C(=O)O)C(C)C(=O)NCc1ccc(N(C)C)cc1. The lowest BCUT2D eigenvalue weighted by molar-refractivity contribution is -0.146. The van der Waals surface area contributed by atoms with Gasteiger partial charge in [0, 0.05) is 32.2 Å². The van der Waals surface area contributed by atoms with Crippen molar-refractivity contribution in [3.05, 3.63) is 29.8 Å². The normalized spacial score (nSPS) is 13.4. The second-order valence-electron chi connectivity index (χ2n) is 5.19. The quantitative estimate of drug-likeness (QED) is 0.831. The number of amides is 1. The Kier molecular flexibility index (Phi) is 5.55. The first-order chi connectivity index (χ1) is 9.32. The first-order valence-electron chi connectivity index (χ1n) is 6.59. The molecule has 5 heteroatoms. The van der Waals surface area contributed by atoms with Crippen molar-refractivity contribution < 1.29 is 14.7 Å². The molecule has 5 nitrogen and oxygen atoms in total. The molecule has 2 N–H and O–H groups in total. The monoisotopic (exact) mass is 278 g/mol. The maximum Gasteiger partial charge on any atom is 0.307 e. The zero-order valence-corrected chi connectivity index (χ0v) is 12.4. The molecule has 1 amide bonds. The zero-order chi connectivity index (χ0) is 15.3. The van der Waals surface area contributed by atoms with Crippen LogP contribution in [0.15, 0.2) is 24.3 Å². The van der Waals surface area contributed by atoms with E-state index in [1.54, 1.807) is 13.8 Å². The van der Waals surface area contributed by atoms with Gasteiger partial charge in [-0.25, -0.2) is 0 Å². The Morgan fingerprint density at radius 3 is 2.15 bits per heavy atom. The Hall–Kier alpha value is -2.04. The van der Waals surface area contributed by atoms with Gasteiger partial charge in [-0.05, 0) is 17.7 Å². The van der Waals surface area contributed by atoms with Crippen LogP contribution in [-0.4, -0.2) is 31.1 Å². The maximum atomic E-state index is 11.9. The van der Waals surface area contributed by atoms with Gasteiger partial charge < -0.3 is 15.3 Å². The minimum atomic E-state index is -0.956. The van der Waals surface area contributed by atoms with Crippen molar-refractivity contribution in [2.75, 3.05) is 19.0 Å². The van der Waals surface area contributed by atoms with E-state index >= 15 is 0 Å². The van der Waals surface area contributed by atoms with Crippen molar-refractivity contribution in [1.82, 2.24) is 5.32 Å². The molecule has 0 aliphatic carbocycles. The van der Waals surface area contributed by atoms with E-state index in [0.29, 0.717) is 6.54 Å². The van der Waals surface area contributed by atoms with E-state index < -0.39 is 17.8 Å². The van der Waals surface area contributed by atoms with Gasteiger partial charge in [0.05, 0.1) is 5.92 Å². The van der Waals surface area contributed by atoms with Crippen molar-refractivity contribution in [1.29, 1.82) is 0 Å². The van der Waals surface area contributed by atoms with Gasteiger partial charge in [0.25, 0.3) is 0 Å². The zero-order valence-electron chi connectivity index (χ0n) is 12.4. The highest BCUT2D eigenvalue weighted by Gasteiger charge is 2.25. The van der Waals surface area contributed by atoms with E-state index in [0.717, 1.165) is 11.3 Å². The molecule has 0 aliphatic heterocycles. The number of hydrogen-bond donors (Lipinski definition) is 2. The molecule has 0 spiro atoms. The van der Waals surface area contributed by atoms with Crippen LogP contribution in [-0.2, 0) is 16.1 Å². The average molecular weight is 278 g/mol. The minimum Gasteiger partial charge on any atom is -0.481 e. The van der Waals surface area contributed by atoms with Crippen molar-refractivity contribution in [3.8, 4) is 0 Å². The Morgan fingerprint density at radius 2 is 1.70 bits per heavy atom. The van der Waals surface area contributed by atoms with E-state index in [1.165, 1.54) is 0 Å². The largest absolute Gasteiger partial charge is 0.481 e. The maximum absolute atomic E-state index is 11.9. The summed E-state index contributed by atoms with van der Waals surface area (Å²) < 4.78 is 0. The molecule has 1 aromatic rings. The molecule has 0 radical (unpaired) electrons. The Morgan fingerprint density at radius 1 is 1.15 bits per heavy atom. The molecule has 0 fully saturated rings. The summed E-state index contributed by atoms with van der Waals surface area (Å²) in [6, 6.07) is 7.84. The molecule has 20 heavy (non-hydrogen) atoms. The van der Waals surface area contributed by atoms with Crippen LogP contribution in [0.4, 0.5) is 5.69 Å². The lowest BCUT2D eigenvalue weighted by atomic mass is 9.95. The van der Waals surface area contributed by atoms with Gasteiger partial charge in [0.1, 0.15) is 0 Å². The van der Waals surface area contributed by atoms with Gasteiger partial charge >= 0.3 is 5.97 Å². The molecule has 1 aromatic carbocycles. The molecule has 2 unspecified atom stereocenters. The van der Waals surface area contributed by atoms with E-state index in [9.17, 15) is 9.59 Å². The van der Waals surface area contributed by atoms with E-state index in [-0.39, 0.29) is 5.91 Å². The van der Waals surface area contributed by atoms with E-state index in [4.69, 9.17) is 5.11 Å². The number of carboxylic acids is 1. The van der Waals surface area contributed by atoms with Crippen molar-refractivity contribution in [2.24, 2.45) is 11.8 Å². The molecular formula is C15H22N2O3. The standard InChI is InChI=1S/C15H22N2O3/c1-10(11(2)15(19)20)14(18)16-9-12-5-7-13(8-6-12)17(3)4/h5-8,10-11H,9H2,1-4H3,(H,16,18)(H,19,20). The molecule has 0 heterocycles. The summed E-state index contributed by atoms with van der Waals surface area (Å²) in [5.41, 5.74) is 2.08. The average Bonchev–Trinajstić information content (AvgIpc) is 2.43. The highest BCUT2D eigenvalue weighted by atomic mass is 16.4. The van der Waals surface area contributed by atoms with Crippen molar-refractivity contribution >= 4 is 17.6 Å². The first kappa shape index (κ1) is 16.0. The number of aliphatic carboxylic acids is 1. The van der Waals surface area contributed by atoms with Gasteiger partial charge in [0.2, 0.25) is 5.91 Å². The second-order valence-corrected chi connectivity index (χ2v) is 5.19. The fraction of sp³-hybridized carbons (Fsp3) is 0.467. The molecule has 0 aromatic heterocycles. The van der Waals surface area contributed by atoms with Crippen LogP contribution in [0.2, 0.25) is 0 Å². The fourth-order valence-electron chi connectivity index (χ4n) is 1.70. The Balaban J connectivity index is 2.54. The van der Waals surface area contributed by atoms with E-state index in [1.807, 2.05) is 43.3 Å². The molecular weight excluding hydrogens is 256 g/mol. The summed E-state index contributed by atoms with van der Waals surface area (Å²) in [5.74, 6) is -2.43. The number of hydrogen-bond acceptors (Lipinski definition) is 3. The Bertz CT molecular complexity index is 469. The molecule has 110 valence electrons. The summed E-state index contributed by atoms with van der Waals surface area (Å²) in [4.78, 5) is 24.7. The topological polar surface area (TPSA) is 69.6 Å².